The fourth-order valence-electron chi connectivity index (χ4n) is 2.48. The number of aromatic amines is 1. The second-order valence-electron chi connectivity index (χ2n) is 5.64. The lowest BCUT2D eigenvalue weighted by Crippen LogP contribution is -2.15. The zero-order chi connectivity index (χ0) is 20.8. The lowest BCUT2D eigenvalue weighted by Gasteiger charge is -2.07. The van der Waals surface area contributed by atoms with Crippen molar-refractivity contribution >= 4 is 29.0 Å². The molecule has 0 aliphatic carbocycles. The Hall–Kier alpha value is -3.60. The van der Waals surface area contributed by atoms with Crippen LogP contribution in [0.15, 0.2) is 47.6 Å². The minimum absolute atomic E-state index is 0.0108. The highest BCUT2D eigenvalue weighted by Gasteiger charge is 2.16. The number of carbonyl (C=O) groups is 1. The number of carbonyl (C=O) groups excluding carboxylic acids is 1. The van der Waals surface area contributed by atoms with Gasteiger partial charge in [0.25, 0.3) is 5.69 Å². The van der Waals surface area contributed by atoms with E-state index in [1.165, 1.54) is 25.3 Å². The second kappa shape index (κ2) is 9.06. The molecule has 3 rings (SSSR count). The van der Waals surface area contributed by atoms with Gasteiger partial charge in [0.2, 0.25) is 11.1 Å². The van der Waals surface area contributed by atoms with Gasteiger partial charge in [-0.05, 0) is 18.2 Å². The number of nitro benzene ring substituents is 1. The summed E-state index contributed by atoms with van der Waals surface area (Å²) in [6, 6.07) is 11.2. The standard InChI is InChI=1S/C18H17N5O5S/c1-27-11-7-8-12(15(9-11)28-2)17-20-18(22-21-17)29-10-16(24)19-13-5-3-4-6-14(13)23(25)26/h3-9H,10H2,1-2H3,(H,19,24)(H,20,21,22). The van der Waals surface area contributed by atoms with Crippen LogP contribution in [0, 0.1) is 10.1 Å². The number of anilines is 1. The first-order valence-corrected chi connectivity index (χ1v) is 9.31. The first-order valence-electron chi connectivity index (χ1n) is 8.32. The van der Waals surface area contributed by atoms with Crippen LogP contribution in [0.2, 0.25) is 0 Å². The third-order valence-electron chi connectivity index (χ3n) is 3.84. The number of H-pyrrole nitrogens is 1. The summed E-state index contributed by atoms with van der Waals surface area (Å²) in [6.45, 7) is 0. The van der Waals surface area contributed by atoms with Gasteiger partial charge in [-0.2, -0.15) is 0 Å². The van der Waals surface area contributed by atoms with Crippen molar-refractivity contribution in [2.24, 2.45) is 0 Å². The van der Waals surface area contributed by atoms with Crippen LogP contribution in [0.25, 0.3) is 11.4 Å². The zero-order valence-electron chi connectivity index (χ0n) is 15.5. The number of aromatic nitrogens is 3. The Morgan fingerprint density at radius 2 is 2.03 bits per heavy atom. The number of nitro groups is 1. The summed E-state index contributed by atoms with van der Waals surface area (Å²) in [4.78, 5) is 27.0. The van der Waals surface area contributed by atoms with Crippen molar-refractivity contribution in [1.29, 1.82) is 0 Å². The highest BCUT2D eigenvalue weighted by molar-refractivity contribution is 7.99. The van der Waals surface area contributed by atoms with Crippen molar-refractivity contribution in [3.63, 3.8) is 0 Å². The summed E-state index contributed by atoms with van der Waals surface area (Å²) in [5.41, 5.74) is 0.663. The fraction of sp³-hybridized carbons (Fsp3) is 0.167. The van der Waals surface area contributed by atoms with Crippen LogP contribution < -0.4 is 14.8 Å². The molecule has 3 aromatic rings. The van der Waals surface area contributed by atoms with Crippen molar-refractivity contribution < 1.29 is 19.2 Å². The van der Waals surface area contributed by atoms with Crippen LogP contribution in [0.5, 0.6) is 11.5 Å². The van der Waals surface area contributed by atoms with Gasteiger partial charge in [0, 0.05) is 12.1 Å². The lowest BCUT2D eigenvalue weighted by molar-refractivity contribution is -0.383. The van der Waals surface area contributed by atoms with Crippen LogP contribution >= 0.6 is 11.8 Å². The Balaban J connectivity index is 1.66. The van der Waals surface area contributed by atoms with E-state index in [0.717, 1.165) is 11.8 Å². The molecule has 0 aliphatic rings. The molecule has 1 amide bonds. The molecule has 0 aliphatic heterocycles. The van der Waals surface area contributed by atoms with E-state index in [1.807, 2.05) is 0 Å². The average Bonchev–Trinajstić information content (AvgIpc) is 3.20. The summed E-state index contributed by atoms with van der Waals surface area (Å²) in [7, 11) is 3.10. The summed E-state index contributed by atoms with van der Waals surface area (Å²) in [5.74, 6) is 1.27. The number of hydrogen-bond donors (Lipinski definition) is 2. The van der Waals surface area contributed by atoms with Gasteiger partial charge in [-0.3, -0.25) is 20.0 Å². The third-order valence-corrected chi connectivity index (χ3v) is 4.68. The molecule has 0 bridgehead atoms. The van der Waals surface area contributed by atoms with Crippen LogP contribution in [0.3, 0.4) is 0 Å². The third kappa shape index (κ3) is 4.82. The van der Waals surface area contributed by atoms with Gasteiger partial charge < -0.3 is 14.8 Å². The molecule has 0 atom stereocenters. The molecule has 1 aromatic heterocycles. The zero-order valence-corrected chi connectivity index (χ0v) is 16.4. The molecule has 2 N–H and O–H groups in total. The number of benzene rings is 2. The fourth-order valence-corrected chi connectivity index (χ4v) is 3.08. The number of para-hydroxylation sites is 2. The Morgan fingerprint density at radius 3 is 2.76 bits per heavy atom. The van der Waals surface area contributed by atoms with E-state index in [9.17, 15) is 14.9 Å². The van der Waals surface area contributed by atoms with Gasteiger partial charge in [0.15, 0.2) is 5.82 Å². The predicted molar refractivity (Wildman–Crippen MR) is 107 cm³/mol. The van der Waals surface area contributed by atoms with Crippen LogP contribution in [0.4, 0.5) is 11.4 Å². The molecule has 0 fully saturated rings. The highest BCUT2D eigenvalue weighted by Crippen LogP contribution is 2.32. The number of methoxy groups -OCH3 is 2. The number of thioether (sulfide) groups is 1. The molecule has 0 saturated carbocycles. The number of amides is 1. The Bertz CT molecular complexity index is 1040. The quantitative estimate of drug-likeness (QED) is 0.326. The van der Waals surface area contributed by atoms with E-state index in [4.69, 9.17) is 9.47 Å². The largest absolute Gasteiger partial charge is 0.497 e. The smallest absolute Gasteiger partial charge is 0.292 e. The van der Waals surface area contributed by atoms with Crippen molar-refractivity contribution in [3.8, 4) is 22.9 Å². The molecule has 150 valence electrons. The van der Waals surface area contributed by atoms with Gasteiger partial charge in [-0.25, -0.2) is 4.98 Å². The first-order chi connectivity index (χ1) is 14.0. The monoisotopic (exact) mass is 415 g/mol. The number of rotatable bonds is 8. The Morgan fingerprint density at radius 1 is 1.24 bits per heavy atom. The Kier molecular flexibility index (Phi) is 6.29. The number of ether oxygens (including phenoxy) is 2. The van der Waals surface area contributed by atoms with E-state index in [0.29, 0.717) is 28.0 Å². The number of nitrogens with one attached hydrogen (secondary N) is 2. The minimum Gasteiger partial charge on any atom is -0.497 e. The predicted octanol–water partition coefficient (Wildman–Crippen LogP) is 3.13. The summed E-state index contributed by atoms with van der Waals surface area (Å²) >= 11 is 1.10. The number of hydrogen-bond acceptors (Lipinski definition) is 8. The van der Waals surface area contributed by atoms with Crippen molar-refractivity contribution in [1.82, 2.24) is 15.2 Å². The van der Waals surface area contributed by atoms with Crippen LogP contribution in [0.1, 0.15) is 0 Å². The van der Waals surface area contributed by atoms with Crippen LogP contribution in [-0.2, 0) is 4.79 Å². The molecule has 0 spiro atoms. The van der Waals surface area contributed by atoms with Gasteiger partial charge in [0.1, 0.15) is 17.2 Å². The summed E-state index contributed by atoms with van der Waals surface area (Å²) < 4.78 is 10.5. The lowest BCUT2D eigenvalue weighted by atomic mass is 10.2. The maximum absolute atomic E-state index is 12.2. The highest BCUT2D eigenvalue weighted by atomic mass is 32.2. The first kappa shape index (κ1) is 20.1. The molecule has 1 heterocycles. The molecule has 29 heavy (non-hydrogen) atoms. The normalized spacial score (nSPS) is 10.4. The molecule has 0 saturated heterocycles. The van der Waals surface area contributed by atoms with Crippen LogP contribution in [-0.4, -0.2) is 46.0 Å². The van der Waals surface area contributed by atoms with E-state index in [1.54, 1.807) is 31.4 Å². The molecule has 11 heteroatoms. The molecule has 0 radical (unpaired) electrons. The molecular formula is C18H17N5O5S. The summed E-state index contributed by atoms with van der Waals surface area (Å²) in [6.07, 6.45) is 0. The van der Waals surface area contributed by atoms with Crippen molar-refractivity contribution in [3.05, 3.63) is 52.6 Å². The second-order valence-corrected chi connectivity index (χ2v) is 6.59. The van der Waals surface area contributed by atoms with E-state index in [2.05, 4.69) is 20.5 Å². The van der Waals surface area contributed by atoms with Gasteiger partial charge >= 0.3 is 0 Å². The molecule has 10 nitrogen and oxygen atoms in total. The van der Waals surface area contributed by atoms with Gasteiger partial charge in [0.05, 0.1) is 30.5 Å². The Labute approximate surface area is 169 Å². The van der Waals surface area contributed by atoms with Gasteiger partial charge in [-0.15, -0.1) is 5.10 Å². The molecule has 2 aromatic carbocycles. The average molecular weight is 415 g/mol. The number of nitrogens with zero attached hydrogens (tertiary/aromatic N) is 3. The SMILES string of the molecule is COc1ccc(-c2nc(SCC(=O)Nc3ccccc3[N+](=O)[O-])n[nH]2)c(OC)c1. The van der Waals surface area contributed by atoms with E-state index < -0.39 is 10.8 Å². The molecule has 0 unspecified atom stereocenters. The van der Waals surface area contributed by atoms with E-state index >= 15 is 0 Å². The maximum Gasteiger partial charge on any atom is 0.292 e. The topological polar surface area (TPSA) is 132 Å². The maximum atomic E-state index is 12.2. The molecular weight excluding hydrogens is 398 g/mol. The van der Waals surface area contributed by atoms with Crippen molar-refractivity contribution in [2.75, 3.05) is 25.3 Å². The van der Waals surface area contributed by atoms with E-state index in [-0.39, 0.29) is 17.1 Å². The van der Waals surface area contributed by atoms with Crippen molar-refractivity contribution in [2.45, 2.75) is 5.16 Å². The summed E-state index contributed by atoms with van der Waals surface area (Å²) in [5, 5.41) is 20.8. The van der Waals surface area contributed by atoms with Gasteiger partial charge in [-0.1, -0.05) is 23.9 Å². The minimum atomic E-state index is -0.549.